The molecule has 0 heterocycles. The number of carboxylic acid groups (broad SMARTS) is 1. The number of hydrogen-bond acceptors (Lipinski definition) is 4. The van der Waals surface area contributed by atoms with Crippen molar-refractivity contribution in [2.45, 2.75) is 4.90 Å². The molecule has 0 fully saturated rings. The van der Waals surface area contributed by atoms with Gasteiger partial charge in [-0.3, -0.25) is 0 Å². The zero-order valence-electron chi connectivity index (χ0n) is 8.10. The number of sulfonamides is 1. The molecule has 0 saturated heterocycles. The van der Waals surface area contributed by atoms with Gasteiger partial charge in [-0.2, -0.15) is 0 Å². The Morgan fingerprint density at radius 1 is 1.50 bits per heavy atom. The average molecular weight is 249 g/mol. The van der Waals surface area contributed by atoms with Crippen LogP contribution >= 0.6 is 0 Å². The van der Waals surface area contributed by atoms with Crippen molar-refractivity contribution in [2.24, 2.45) is 5.14 Å². The van der Waals surface area contributed by atoms with Crippen molar-refractivity contribution >= 4 is 16.0 Å². The molecule has 0 aromatic heterocycles. The van der Waals surface area contributed by atoms with Gasteiger partial charge in [0.15, 0.2) is 11.6 Å². The quantitative estimate of drug-likeness (QED) is 0.794. The van der Waals surface area contributed by atoms with E-state index in [1.807, 2.05) is 0 Å². The lowest BCUT2D eigenvalue weighted by atomic mass is 10.2. The average Bonchev–Trinajstić information content (AvgIpc) is 2.14. The molecule has 0 spiro atoms. The van der Waals surface area contributed by atoms with Crippen LogP contribution in [-0.4, -0.2) is 26.6 Å². The van der Waals surface area contributed by atoms with Crippen molar-refractivity contribution in [3.05, 3.63) is 23.5 Å². The lowest BCUT2D eigenvalue weighted by Gasteiger charge is -2.08. The second-order valence-corrected chi connectivity index (χ2v) is 4.37. The minimum Gasteiger partial charge on any atom is -0.492 e. The van der Waals surface area contributed by atoms with Gasteiger partial charge in [0.2, 0.25) is 10.0 Å². The van der Waals surface area contributed by atoms with E-state index in [2.05, 4.69) is 4.74 Å². The predicted octanol–water partition coefficient (Wildman–Crippen LogP) is 0.180. The molecule has 88 valence electrons. The molecular weight excluding hydrogens is 241 g/mol. The number of aromatic carboxylic acids is 1. The van der Waals surface area contributed by atoms with Gasteiger partial charge in [-0.05, 0) is 12.1 Å². The van der Waals surface area contributed by atoms with E-state index >= 15 is 0 Å². The van der Waals surface area contributed by atoms with E-state index in [4.69, 9.17) is 10.2 Å². The summed E-state index contributed by atoms with van der Waals surface area (Å²) in [6, 6.07) is 1.38. The smallest absolute Gasteiger partial charge is 0.335 e. The standard InChI is InChI=1S/C8H8FNO5S/c1-15-7-5(9)2-4(8(11)12)3-6(7)16(10,13)14/h2-3H,1H3,(H,11,12)(H2,10,13,14). The maximum atomic E-state index is 13.3. The summed E-state index contributed by atoms with van der Waals surface area (Å²) in [6.45, 7) is 0. The highest BCUT2D eigenvalue weighted by Crippen LogP contribution is 2.27. The summed E-state index contributed by atoms with van der Waals surface area (Å²) in [7, 11) is -3.20. The Morgan fingerprint density at radius 3 is 2.44 bits per heavy atom. The Balaban J connectivity index is 3.62. The number of ether oxygens (including phenoxy) is 1. The maximum Gasteiger partial charge on any atom is 0.335 e. The van der Waals surface area contributed by atoms with Gasteiger partial charge in [-0.1, -0.05) is 0 Å². The van der Waals surface area contributed by atoms with Crippen LogP contribution in [0.1, 0.15) is 10.4 Å². The first-order chi connectivity index (χ1) is 7.27. The van der Waals surface area contributed by atoms with Crippen molar-refractivity contribution in [2.75, 3.05) is 7.11 Å². The van der Waals surface area contributed by atoms with Gasteiger partial charge < -0.3 is 9.84 Å². The minimum absolute atomic E-state index is 0.526. The van der Waals surface area contributed by atoms with Gasteiger partial charge in [0.1, 0.15) is 4.90 Å². The summed E-state index contributed by atoms with van der Waals surface area (Å²) in [4.78, 5) is 9.89. The number of benzene rings is 1. The van der Waals surface area contributed by atoms with E-state index in [-0.39, 0.29) is 0 Å². The summed E-state index contributed by atoms with van der Waals surface area (Å²) in [5, 5.41) is 13.4. The van der Waals surface area contributed by atoms with Crippen molar-refractivity contribution in [3.8, 4) is 5.75 Å². The highest BCUT2D eigenvalue weighted by molar-refractivity contribution is 7.89. The first-order valence-electron chi connectivity index (χ1n) is 3.91. The molecule has 16 heavy (non-hydrogen) atoms. The second kappa shape index (κ2) is 4.06. The largest absolute Gasteiger partial charge is 0.492 e. The van der Waals surface area contributed by atoms with Crippen molar-refractivity contribution in [3.63, 3.8) is 0 Å². The fraction of sp³-hybridized carbons (Fsp3) is 0.125. The zero-order valence-corrected chi connectivity index (χ0v) is 8.91. The van der Waals surface area contributed by atoms with Gasteiger partial charge in [-0.25, -0.2) is 22.7 Å². The molecule has 1 aromatic carbocycles. The number of primary sulfonamides is 1. The Morgan fingerprint density at radius 2 is 2.06 bits per heavy atom. The van der Waals surface area contributed by atoms with Crippen LogP contribution < -0.4 is 9.88 Å². The van der Waals surface area contributed by atoms with E-state index in [0.717, 1.165) is 13.2 Å². The molecule has 0 aliphatic carbocycles. The SMILES string of the molecule is COc1c(F)cc(C(=O)O)cc1S(N)(=O)=O. The molecule has 8 heteroatoms. The number of rotatable bonds is 3. The Hall–Kier alpha value is -1.67. The summed E-state index contributed by atoms with van der Waals surface area (Å²) < 4.78 is 40.0. The molecule has 0 unspecified atom stereocenters. The van der Waals surface area contributed by atoms with Crippen LogP contribution in [0.4, 0.5) is 4.39 Å². The Bertz CT molecular complexity index is 540. The van der Waals surface area contributed by atoms with Crippen LogP contribution in [0.25, 0.3) is 0 Å². The van der Waals surface area contributed by atoms with E-state index in [9.17, 15) is 17.6 Å². The molecule has 0 atom stereocenters. The molecular formula is C8H8FNO5S. The summed E-state index contributed by atoms with van der Waals surface area (Å²) in [5.41, 5.74) is -0.526. The van der Waals surface area contributed by atoms with Crippen LogP contribution in [-0.2, 0) is 10.0 Å². The number of carbonyl (C=O) groups is 1. The Labute approximate surface area is 90.5 Å². The van der Waals surface area contributed by atoms with Gasteiger partial charge >= 0.3 is 5.97 Å². The third-order valence-corrected chi connectivity index (χ3v) is 2.68. The summed E-state index contributed by atoms with van der Waals surface area (Å²) in [5.74, 6) is -3.18. The number of nitrogens with two attached hydrogens (primary N) is 1. The van der Waals surface area contributed by atoms with E-state index in [1.165, 1.54) is 0 Å². The number of halogens is 1. The molecule has 0 aliphatic rings. The minimum atomic E-state index is -4.25. The number of hydrogen-bond donors (Lipinski definition) is 2. The predicted molar refractivity (Wildman–Crippen MR) is 51.3 cm³/mol. The lowest BCUT2D eigenvalue weighted by molar-refractivity contribution is 0.0696. The molecule has 3 N–H and O–H groups in total. The highest BCUT2D eigenvalue weighted by Gasteiger charge is 2.22. The fourth-order valence-corrected chi connectivity index (χ4v) is 1.83. The van der Waals surface area contributed by atoms with Crippen molar-refractivity contribution in [1.29, 1.82) is 0 Å². The van der Waals surface area contributed by atoms with Crippen LogP contribution in [0.15, 0.2) is 17.0 Å². The topological polar surface area (TPSA) is 107 Å². The fourth-order valence-electron chi connectivity index (χ4n) is 1.10. The first kappa shape index (κ1) is 12.4. The molecule has 0 aliphatic heterocycles. The highest BCUT2D eigenvalue weighted by atomic mass is 32.2. The molecule has 1 aromatic rings. The van der Waals surface area contributed by atoms with Gasteiger partial charge in [0.25, 0.3) is 0 Å². The van der Waals surface area contributed by atoms with Gasteiger partial charge in [-0.15, -0.1) is 0 Å². The molecule has 0 radical (unpaired) electrons. The Kier molecular flexibility index (Phi) is 3.15. The molecule has 1 rings (SSSR count). The van der Waals surface area contributed by atoms with Crippen LogP contribution in [0.5, 0.6) is 5.75 Å². The number of methoxy groups -OCH3 is 1. The van der Waals surface area contributed by atoms with Crippen molar-refractivity contribution in [1.82, 2.24) is 0 Å². The third kappa shape index (κ3) is 2.28. The summed E-state index contributed by atoms with van der Waals surface area (Å²) >= 11 is 0. The first-order valence-corrected chi connectivity index (χ1v) is 5.45. The third-order valence-electron chi connectivity index (χ3n) is 1.77. The lowest BCUT2D eigenvalue weighted by Crippen LogP contribution is -2.15. The molecule has 0 bridgehead atoms. The van der Waals surface area contributed by atoms with Gasteiger partial charge in [0.05, 0.1) is 12.7 Å². The molecule has 0 amide bonds. The van der Waals surface area contributed by atoms with Crippen LogP contribution in [0.3, 0.4) is 0 Å². The van der Waals surface area contributed by atoms with Crippen LogP contribution in [0.2, 0.25) is 0 Å². The second-order valence-electron chi connectivity index (χ2n) is 2.84. The zero-order chi connectivity index (χ0) is 12.5. The monoisotopic (exact) mass is 249 g/mol. The molecule has 0 saturated carbocycles. The van der Waals surface area contributed by atoms with E-state index in [1.54, 1.807) is 0 Å². The molecule has 6 nitrogen and oxygen atoms in total. The van der Waals surface area contributed by atoms with Crippen LogP contribution in [0, 0.1) is 5.82 Å². The normalized spacial score (nSPS) is 11.2. The van der Waals surface area contributed by atoms with E-state index < -0.39 is 38.0 Å². The maximum absolute atomic E-state index is 13.3. The van der Waals surface area contributed by atoms with Gasteiger partial charge in [0, 0.05) is 0 Å². The van der Waals surface area contributed by atoms with Crippen molar-refractivity contribution < 1.29 is 27.4 Å². The summed E-state index contributed by atoms with van der Waals surface area (Å²) in [6.07, 6.45) is 0. The van der Waals surface area contributed by atoms with E-state index in [0.29, 0.717) is 6.07 Å². The number of carboxylic acids is 1.